The van der Waals surface area contributed by atoms with E-state index in [1.54, 1.807) is 0 Å². The van der Waals surface area contributed by atoms with Crippen molar-refractivity contribution in [2.75, 3.05) is 19.6 Å². The molecule has 0 bridgehead atoms. The zero-order valence-electron chi connectivity index (χ0n) is 11.2. The molecule has 2 N–H and O–H groups in total. The number of non-ortho nitro benzene ring substituents is 1. The van der Waals surface area contributed by atoms with Gasteiger partial charge >= 0.3 is 0 Å². The highest BCUT2D eigenvalue weighted by molar-refractivity contribution is 7.89. The largest absolute Gasteiger partial charge is 0.330 e. The summed E-state index contributed by atoms with van der Waals surface area (Å²) in [6.45, 7) is 3.08. The molecule has 0 saturated carbocycles. The Balaban J connectivity index is 2.32. The van der Waals surface area contributed by atoms with Crippen molar-refractivity contribution >= 4 is 15.7 Å². The summed E-state index contributed by atoms with van der Waals surface area (Å²) in [4.78, 5) is 10.1. The molecule has 1 aromatic carbocycles. The second kappa shape index (κ2) is 5.12. The molecule has 1 atom stereocenters. The lowest BCUT2D eigenvalue weighted by Crippen LogP contribution is -2.34. The molecule has 0 aliphatic carbocycles. The van der Waals surface area contributed by atoms with Crippen LogP contribution in [0.15, 0.2) is 29.2 Å². The van der Waals surface area contributed by atoms with Gasteiger partial charge in [-0.25, -0.2) is 8.42 Å². The SMILES string of the molecule is CC1(CN)CCN(S(=O)(=O)c2cccc([N+](=O)[O-])c2)C1. The third-order valence-corrected chi connectivity index (χ3v) is 5.52. The van der Waals surface area contributed by atoms with Crippen LogP contribution in [0.25, 0.3) is 0 Å². The molecule has 0 amide bonds. The molecule has 20 heavy (non-hydrogen) atoms. The van der Waals surface area contributed by atoms with E-state index in [1.807, 2.05) is 6.92 Å². The van der Waals surface area contributed by atoms with Gasteiger partial charge in [0.05, 0.1) is 9.82 Å². The van der Waals surface area contributed by atoms with Gasteiger partial charge in [-0.2, -0.15) is 4.31 Å². The second-order valence-electron chi connectivity index (χ2n) is 5.36. The zero-order valence-corrected chi connectivity index (χ0v) is 12.0. The number of benzene rings is 1. The van der Waals surface area contributed by atoms with E-state index in [0.29, 0.717) is 26.1 Å². The van der Waals surface area contributed by atoms with Gasteiger partial charge in [0.25, 0.3) is 5.69 Å². The van der Waals surface area contributed by atoms with E-state index >= 15 is 0 Å². The molecule has 110 valence electrons. The lowest BCUT2D eigenvalue weighted by Gasteiger charge is -2.22. The van der Waals surface area contributed by atoms with Gasteiger partial charge in [0.1, 0.15) is 0 Å². The van der Waals surface area contributed by atoms with E-state index in [-0.39, 0.29) is 16.0 Å². The highest BCUT2D eigenvalue weighted by Crippen LogP contribution is 2.33. The van der Waals surface area contributed by atoms with Gasteiger partial charge in [0.15, 0.2) is 0 Å². The number of nitro benzene ring substituents is 1. The molecule has 0 radical (unpaired) electrons. The van der Waals surface area contributed by atoms with Crippen LogP contribution in [0.5, 0.6) is 0 Å². The quantitative estimate of drug-likeness (QED) is 0.658. The molecule has 0 aromatic heterocycles. The van der Waals surface area contributed by atoms with E-state index in [9.17, 15) is 18.5 Å². The minimum Gasteiger partial charge on any atom is -0.330 e. The minimum atomic E-state index is -3.70. The summed E-state index contributed by atoms with van der Waals surface area (Å²) in [5, 5.41) is 10.7. The highest BCUT2D eigenvalue weighted by atomic mass is 32.2. The van der Waals surface area contributed by atoms with Crippen LogP contribution in [0.3, 0.4) is 0 Å². The van der Waals surface area contributed by atoms with Crippen molar-refractivity contribution in [2.24, 2.45) is 11.1 Å². The fraction of sp³-hybridized carbons (Fsp3) is 0.500. The Bertz CT molecular complexity index is 631. The Labute approximate surface area is 117 Å². The monoisotopic (exact) mass is 299 g/mol. The number of nitrogens with zero attached hydrogens (tertiary/aromatic N) is 2. The number of nitrogens with two attached hydrogens (primary N) is 1. The van der Waals surface area contributed by atoms with Crippen molar-refractivity contribution in [1.82, 2.24) is 4.31 Å². The molecular weight excluding hydrogens is 282 g/mol. The molecule has 8 heteroatoms. The predicted molar refractivity (Wildman–Crippen MR) is 73.6 cm³/mol. The van der Waals surface area contributed by atoms with E-state index in [0.717, 1.165) is 6.07 Å². The summed E-state index contributed by atoms with van der Waals surface area (Å²) in [6, 6.07) is 5.12. The molecule has 0 spiro atoms. The maximum Gasteiger partial charge on any atom is 0.270 e. The van der Waals surface area contributed by atoms with Crippen molar-refractivity contribution in [3.05, 3.63) is 34.4 Å². The number of nitro groups is 1. The van der Waals surface area contributed by atoms with Crippen LogP contribution >= 0.6 is 0 Å². The first-order chi connectivity index (χ1) is 9.28. The highest BCUT2D eigenvalue weighted by Gasteiger charge is 2.39. The lowest BCUT2D eigenvalue weighted by atomic mass is 9.90. The Morgan fingerprint density at radius 3 is 2.75 bits per heavy atom. The topological polar surface area (TPSA) is 107 Å². The number of rotatable bonds is 4. The Morgan fingerprint density at radius 2 is 2.20 bits per heavy atom. The fourth-order valence-electron chi connectivity index (χ4n) is 2.26. The predicted octanol–water partition coefficient (Wildman–Crippen LogP) is 0.954. The standard InChI is InChI=1S/C12H17N3O4S/c1-12(8-13)5-6-14(9-12)20(18,19)11-4-2-3-10(7-11)15(16)17/h2-4,7H,5-6,8-9,13H2,1H3. The van der Waals surface area contributed by atoms with Gasteiger partial charge in [-0.15, -0.1) is 0 Å². The van der Waals surface area contributed by atoms with E-state index in [1.165, 1.54) is 22.5 Å². The van der Waals surface area contributed by atoms with Gasteiger partial charge in [0, 0.05) is 25.2 Å². The number of hydrogen-bond acceptors (Lipinski definition) is 5. The van der Waals surface area contributed by atoms with Gasteiger partial charge in [-0.3, -0.25) is 10.1 Å². The van der Waals surface area contributed by atoms with Gasteiger partial charge in [-0.05, 0) is 24.4 Å². The summed E-state index contributed by atoms with van der Waals surface area (Å²) in [7, 11) is -3.70. The van der Waals surface area contributed by atoms with Crippen molar-refractivity contribution in [2.45, 2.75) is 18.2 Å². The van der Waals surface area contributed by atoms with Crippen LogP contribution in [-0.4, -0.2) is 37.3 Å². The lowest BCUT2D eigenvalue weighted by molar-refractivity contribution is -0.385. The minimum absolute atomic E-state index is 0.0482. The van der Waals surface area contributed by atoms with Crippen molar-refractivity contribution < 1.29 is 13.3 Å². The van der Waals surface area contributed by atoms with E-state index in [4.69, 9.17) is 5.73 Å². The zero-order chi connectivity index (χ0) is 15.0. The van der Waals surface area contributed by atoms with Crippen LogP contribution in [0, 0.1) is 15.5 Å². The van der Waals surface area contributed by atoms with Crippen LogP contribution in [0.1, 0.15) is 13.3 Å². The van der Waals surface area contributed by atoms with Crippen LogP contribution < -0.4 is 5.73 Å². The van der Waals surface area contributed by atoms with Crippen molar-refractivity contribution in [3.63, 3.8) is 0 Å². The first kappa shape index (κ1) is 14.9. The average Bonchev–Trinajstić information content (AvgIpc) is 2.83. The van der Waals surface area contributed by atoms with E-state index in [2.05, 4.69) is 0 Å². The third kappa shape index (κ3) is 2.67. The van der Waals surface area contributed by atoms with Gasteiger partial charge in [0.2, 0.25) is 10.0 Å². The number of sulfonamides is 1. The molecule has 1 heterocycles. The molecular formula is C12H17N3O4S. The summed E-state index contributed by atoms with van der Waals surface area (Å²) in [6.07, 6.45) is 0.692. The third-order valence-electron chi connectivity index (χ3n) is 3.68. The summed E-state index contributed by atoms with van der Waals surface area (Å²) in [5.74, 6) is 0. The Morgan fingerprint density at radius 1 is 1.50 bits per heavy atom. The van der Waals surface area contributed by atoms with Crippen LogP contribution in [0.4, 0.5) is 5.69 Å². The molecule has 1 fully saturated rings. The summed E-state index contributed by atoms with van der Waals surface area (Å²) in [5.41, 5.74) is 5.21. The van der Waals surface area contributed by atoms with Gasteiger partial charge in [-0.1, -0.05) is 13.0 Å². The summed E-state index contributed by atoms with van der Waals surface area (Å²) < 4.78 is 26.3. The maximum atomic E-state index is 12.5. The maximum absolute atomic E-state index is 12.5. The molecule has 1 aliphatic heterocycles. The van der Waals surface area contributed by atoms with Crippen LogP contribution in [-0.2, 0) is 10.0 Å². The second-order valence-corrected chi connectivity index (χ2v) is 7.30. The van der Waals surface area contributed by atoms with Crippen molar-refractivity contribution in [3.8, 4) is 0 Å². The normalized spacial score (nSPS) is 23.9. The molecule has 1 aromatic rings. The Hall–Kier alpha value is -1.51. The van der Waals surface area contributed by atoms with E-state index < -0.39 is 14.9 Å². The molecule has 7 nitrogen and oxygen atoms in total. The first-order valence-electron chi connectivity index (χ1n) is 6.23. The van der Waals surface area contributed by atoms with Crippen molar-refractivity contribution in [1.29, 1.82) is 0 Å². The average molecular weight is 299 g/mol. The summed E-state index contributed by atoms with van der Waals surface area (Å²) >= 11 is 0. The molecule has 2 rings (SSSR count). The van der Waals surface area contributed by atoms with Gasteiger partial charge < -0.3 is 5.73 Å². The smallest absolute Gasteiger partial charge is 0.270 e. The molecule has 1 unspecified atom stereocenters. The molecule has 1 saturated heterocycles. The van der Waals surface area contributed by atoms with Crippen LogP contribution in [0.2, 0.25) is 0 Å². The Kier molecular flexibility index (Phi) is 3.81. The fourth-order valence-corrected chi connectivity index (χ4v) is 3.89. The first-order valence-corrected chi connectivity index (χ1v) is 7.67. The molecule has 1 aliphatic rings. The number of hydrogen-bond donors (Lipinski definition) is 1.